The Hall–Kier alpha value is -1.25. The van der Waals surface area contributed by atoms with Crippen LogP contribution < -0.4 is 5.73 Å². The fraction of sp³-hybridized carbons (Fsp3) is 0.583. The molecule has 0 aromatic carbocycles. The summed E-state index contributed by atoms with van der Waals surface area (Å²) in [5, 5.41) is 0. The van der Waals surface area contributed by atoms with E-state index in [1.165, 1.54) is 0 Å². The van der Waals surface area contributed by atoms with Gasteiger partial charge in [0.15, 0.2) is 0 Å². The second-order valence-corrected chi connectivity index (χ2v) is 4.45. The maximum Gasteiger partial charge on any atom is 0.127 e. The van der Waals surface area contributed by atoms with Crippen LogP contribution in [-0.2, 0) is 6.54 Å². The molecule has 1 aromatic heterocycles. The number of nitrogens with zero attached hydrogens (tertiary/aromatic N) is 2. The molecule has 1 heterocycles. The molecule has 0 atom stereocenters. The van der Waals surface area contributed by atoms with Crippen LogP contribution >= 0.6 is 0 Å². The highest BCUT2D eigenvalue weighted by molar-refractivity contribution is 5.41. The Morgan fingerprint density at radius 3 is 2.33 bits per heavy atom. The van der Waals surface area contributed by atoms with Gasteiger partial charge in [-0.3, -0.25) is 0 Å². The SMILES string of the molecule is C=CCn1c(C(C)C)nc(C(C)C)c1N. The molecule has 0 saturated heterocycles. The number of nitrogens with two attached hydrogens (primary N) is 1. The second kappa shape index (κ2) is 4.51. The molecule has 2 N–H and O–H groups in total. The van der Waals surface area contributed by atoms with Crippen molar-refractivity contribution in [1.29, 1.82) is 0 Å². The van der Waals surface area contributed by atoms with Gasteiger partial charge >= 0.3 is 0 Å². The molecule has 1 aromatic rings. The number of rotatable bonds is 4. The van der Waals surface area contributed by atoms with E-state index in [9.17, 15) is 0 Å². The van der Waals surface area contributed by atoms with Crippen molar-refractivity contribution in [2.24, 2.45) is 0 Å². The van der Waals surface area contributed by atoms with Gasteiger partial charge in [0.2, 0.25) is 0 Å². The largest absolute Gasteiger partial charge is 0.384 e. The van der Waals surface area contributed by atoms with Gasteiger partial charge in [0, 0.05) is 12.5 Å². The van der Waals surface area contributed by atoms with E-state index in [0.29, 0.717) is 11.8 Å². The lowest BCUT2D eigenvalue weighted by Crippen LogP contribution is -2.07. The highest BCUT2D eigenvalue weighted by Crippen LogP contribution is 2.26. The van der Waals surface area contributed by atoms with Gasteiger partial charge in [0.1, 0.15) is 11.6 Å². The van der Waals surface area contributed by atoms with Gasteiger partial charge in [-0.2, -0.15) is 0 Å². The summed E-state index contributed by atoms with van der Waals surface area (Å²) < 4.78 is 2.05. The maximum atomic E-state index is 6.08. The maximum absolute atomic E-state index is 6.08. The molecule has 0 saturated carbocycles. The Labute approximate surface area is 92.0 Å². The van der Waals surface area contributed by atoms with E-state index >= 15 is 0 Å². The van der Waals surface area contributed by atoms with Crippen LogP contribution in [0.4, 0.5) is 5.82 Å². The molecule has 0 aliphatic carbocycles. The summed E-state index contributed by atoms with van der Waals surface area (Å²) in [7, 11) is 0. The number of nitrogen functional groups attached to an aromatic ring is 1. The summed E-state index contributed by atoms with van der Waals surface area (Å²) in [6, 6.07) is 0. The van der Waals surface area contributed by atoms with Crippen molar-refractivity contribution in [2.45, 2.75) is 46.1 Å². The van der Waals surface area contributed by atoms with E-state index < -0.39 is 0 Å². The van der Waals surface area contributed by atoms with Crippen LogP contribution in [0.25, 0.3) is 0 Å². The lowest BCUT2D eigenvalue weighted by atomic mass is 10.1. The molecule has 0 bridgehead atoms. The molecule has 3 heteroatoms. The third kappa shape index (κ3) is 2.22. The van der Waals surface area contributed by atoms with Crippen LogP contribution in [0.15, 0.2) is 12.7 Å². The van der Waals surface area contributed by atoms with Crippen LogP contribution in [0.1, 0.15) is 51.0 Å². The molecule has 0 spiro atoms. The zero-order valence-electron chi connectivity index (χ0n) is 10.1. The minimum absolute atomic E-state index is 0.369. The van der Waals surface area contributed by atoms with Crippen LogP contribution in [0, 0.1) is 0 Å². The van der Waals surface area contributed by atoms with Crippen molar-refractivity contribution in [3.05, 3.63) is 24.2 Å². The number of hydrogen-bond donors (Lipinski definition) is 1. The molecule has 0 unspecified atom stereocenters. The molecule has 3 nitrogen and oxygen atoms in total. The first kappa shape index (κ1) is 11.8. The first-order valence-corrected chi connectivity index (χ1v) is 5.45. The Morgan fingerprint density at radius 2 is 1.93 bits per heavy atom. The van der Waals surface area contributed by atoms with Crippen LogP contribution in [0.3, 0.4) is 0 Å². The van der Waals surface area contributed by atoms with E-state index in [2.05, 4.69) is 39.3 Å². The van der Waals surface area contributed by atoms with Gasteiger partial charge in [0.25, 0.3) is 0 Å². The van der Waals surface area contributed by atoms with E-state index in [4.69, 9.17) is 5.73 Å². The van der Waals surface area contributed by atoms with Crippen LogP contribution in [-0.4, -0.2) is 9.55 Å². The van der Waals surface area contributed by atoms with E-state index in [0.717, 1.165) is 23.9 Å². The molecule has 0 fully saturated rings. The van der Waals surface area contributed by atoms with Gasteiger partial charge in [-0.1, -0.05) is 33.8 Å². The Kier molecular flexibility index (Phi) is 3.56. The number of imidazole rings is 1. The summed E-state index contributed by atoms with van der Waals surface area (Å²) in [5.74, 6) is 2.60. The number of anilines is 1. The quantitative estimate of drug-likeness (QED) is 0.771. The van der Waals surface area contributed by atoms with Crippen molar-refractivity contribution >= 4 is 5.82 Å². The Bertz CT molecular complexity index is 348. The number of allylic oxidation sites excluding steroid dienone is 1. The fourth-order valence-electron chi connectivity index (χ4n) is 1.69. The minimum Gasteiger partial charge on any atom is -0.384 e. The predicted molar refractivity (Wildman–Crippen MR) is 65.0 cm³/mol. The van der Waals surface area contributed by atoms with E-state index in [-0.39, 0.29) is 0 Å². The molecule has 0 aliphatic heterocycles. The average Bonchev–Trinajstić information content (AvgIpc) is 2.45. The van der Waals surface area contributed by atoms with E-state index in [1.807, 2.05) is 10.6 Å². The molecule has 0 radical (unpaired) electrons. The topological polar surface area (TPSA) is 43.8 Å². The van der Waals surface area contributed by atoms with Crippen molar-refractivity contribution in [1.82, 2.24) is 9.55 Å². The fourth-order valence-corrected chi connectivity index (χ4v) is 1.69. The second-order valence-electron chi connectivity index (χ2n) is 4.45. The van der Waals surface area contributed by atoms with Gasteiger partial charge in [-0.15, -0.1) is 6.58 Å². The monoisotopic (exact) mass is 207 g/mol. The van der Waals surface area contributed by atoms with Gasteiger partial charge in [-0.05, 0) is 5.92 Å². The van der Waals surface area contributed by atoms with Crippen LogP contribution in [0.2, 0.25) is 0 Å². The molecule has 15 heavy (non-hydrogen) atoms. The summed E-state index contributed by atoms with van der Waals surface area (Å²) >= 11 is 0. The van der Waals surface area contributed by atoms with Gasteiger partial charge in [-0.25, -0.2) is 4.98 Å². The Balaban J connectivity index is 3.25. The summed E-state index contributed by atoms with van der Waals surface area (Å²) in [5.41, 5.74) is 7.08. The number of hydrogen-bond acceptors (Lipinski definition) is 2. The predicted octanol–water partition coefficient (Wildman–Crippen LogP) is 2.90. The highest BCUT2D eigenvalue weighted by atomic mass is 15.1. The lowest BCUT2D eigenvalue weighted by molar-refractivity contribution is 0.683. The van der Waals surface area contributed by atoms with E-state index in [1.54, 1.807) is 0 Å². The zero-order chi connectivity index (χ0) is 11.6. The first-order chi connectivity index (χ1) is 6.99. The first-order valence-electron chi connectivity index (χ1n) is 5.45. The zero-order valence-corrected chi connectivity index (χ0v) is 10.1. The third-order valence-electron chi connectivity index (χ3n) is 2.44. The number of aromatic nitrogens is 2. The molecule has 0 aliphatic rings. The van der Waals surface area contributed by atoms with Gasteiger partial charge < -0.3 is 10.3 Å². The molecule has 0 amide bonds. The summed E-state index contributed by atoms with van der Waals surface area (Å²) in [6.45, 7) is 13.0. The molecular formula is C12H21N3. The summed E-state index contributed by atoms with van der Waals surface area (Å²) in [4.78, 5) is 4.62. The standard InChI is InChI=1S/C12H21N3/c1-6-7-15-11(13)10(8(2)3)14-12(15)9(4)5/h6,8-9H,1,7,13H2,2-5H3. The van der Waals surface area contributed by atoms with Crippen molar-refractivity contribution in [3.8, 4) is 0 Å². The van der Waals surface area contributed by atoms with Crippen LogP contribution in [0.5, 0.6) is 0 Å². The van der Waals surface area contributed by atoms with Crippen molar-refractivity contribution in [2.75, 3.05) is 5.73 Å². The third-order valence-corrected chi connectivity index (χ3v) is 2.44. The summed E-state index contributed by atoms with van der Waals surface area (Å²) in [6.07, 6.45) is 1.86. The van der Waals surface area contributed by atoms with Gasteiger partial charge in [0.05, 0.1) is 5.69 Å². The smallest absolute Gasteiger partial charge is 0.127 e. The average molecular weight is 207 g/mol. The normalized spacial score (nSPS) is 11.3. The lowest BCUT2D eigenvalue weighted by Gasteiger charge is -2.09. The van der Waals surface area contributed by atoms with Crippen molar-refractivity contribution < 1.29 is 0 Å². The highest BCUT2D eigenvalue weighted by Gasteiger charge is 2.17. The Morgan fingerprint density at radius 1 is 1.33 bits per heavy atom. The molecule has 1 rings (SSSR count). The minimum atomic E-state index is 0.369. The molecule has 84 valence electrons. The molecular weight excluding hydrogens is 186 g/mol. The van der Waals surface area contributed by atoms with Crippen molar-refractivity contribution in [3.63, 3.8) is 0 Å².